The monoisotopic (exact) mass is 264 g/mol. The smallest absolute Gasteiger partial charge is 0.348 e. The summed E-state index contributed by atoms with van der Waals surface area (Å²) in [5.41, 5.74) is 1.37. The summed E-state index contributed by atoms with van der Waals surface area (Å²) >= 11 is 7.36. The first kappa shape index (κ1) is 11.9. The maximum Gasteiger partial charge on any atom is 0.348 e. The van der Waals surface area contributed by atoms with Crippen molar-refractivity contribution in [1.82, 2.24) is 0 Å². The maximum atomic E-state index is 11.0. The van der Waals surface area contributed by atoms with E-state index in [1.165, 1.54) is 11.3 Å². The second-order valence-corrected chi connectivity index (χ2v) is 4.66. The lowest BCUT2D eigenvalue weighted by Gasteiger charge is -2.06. The van der Waals surface area contributed by atoms with E-state index in [4.69, 9.17) is 16.7 Å². The van der Waals surface area contributed by atoms with Crippen molar-refractivity contribution in [2.45, 2.75) is 0 Å². The second-order valence-electron chi connectivity index (χ2n) is 3.34. The van der Waals surface area contributed by atoms with E-state index in [2.05, 4.69) is 0 Å². The van der Waals surface area contributed by atoms with Crippen molar-refractivity contribution in [1.29, 1.82) is 0 Å². The Morgan fingerprint density at radius 2 is 1.82 bits per heavy atom. The summed E-state index contributed by atoms with van der Waals surface area (Å²) in [6.45, 7) is 0. The fourth-order valence-electron chi connectivity index (χ4n) is 1.51. The molecule has 0 aliphatic heterocycles. The summed E-state index contributed by atoms with van der Waals surface area (Å²) in [6, 6.07) is 13.0. The van der Waals surface area contributed by atoms with E-state index in [0.717, 1.165) is 10.4 Å². The third-order valence-electron chi connectivity index (χ3n) is 2.24. The molecule has 0 bridgehead atoms. The first-order valence-corrected chi connectivity index (χ1v) is 6.18. The average Bonchev–Trinajstić information content (AvgIpc) is 2.84. The molecule has 4 heteroatoms. The van der Waals surface area contributed by atoms with Gasteiger partial charge in [0.25, 0.3) is 0 Å². The van der Waals surface area contributed by atoms with E-state index in [-0.39, 0.29) is 5.03 Å². The van der Waals surface area contributed by atoms with E-state index in [9.17, 15) is 4.79 Å². The van der Waals surface area contributed by atoms with Gasteiger partial charge in [-0.05, 0) is 17.0 Å². The predicted molar refractivity (Wildman–Crippen MR) is 70.3 cm³/mol. The highest BCUT2D eigenvalue weighted by Gasteiger charge is 2.16. The summed E-state index contributed by atoms with van der Waals surface area (Å²) in [7, 11) is 0. The molecular formula is C13H9ClO2S. The minimum absolute atomic E-state index is 0.154. The lowest BCUT2D eigenvalue weighted by atomic mass is 10.0. The molecule has 1 aromatic heterocycles. The molecule has 2 aromatic rings. The Hall–Kier alpha value is -1.58. The summed E-state index contributed by atoms with van der Waals surface area (Å²) in [5, 5.41) is 10.8. The van der Waals surface area contributed by atoms with Gasteiger partial charge in [0, 0.05) is 10.5 Å². The second kappa shape index (κ2) is 5.17. The lowest BCUT2D eigenvalue weighted by molar-refractivity contribution is -0.131. The molecule has 1 N–H and O–H groups in total. The summed E-state index contributed by atoms with van der Waals surface area (Å²) < 4.78 is 0. The highest BCUT2D eigenvalue weighted by atomic mass is 35.5. The van der Waals surface area contributed by atoms with Crippen molar-refractivity contribution in [2.24, 2.45) is 0 Å². The molecule has 1 aromatic carbocycles. The predicted octanol–water partition coefficient (Wildman–Crippen LogP) is 3.83. The number of rotatable bonds is 3. The highest BCUT2D eigenvalue weighted by molar-refractivity contribution is 7.11. The van der Waals surface area contributed by atoms with Crippen LogP contribution in [0.2, 0.25) is 0 Å². The number of halogens is 1. The number of hydrogen-bond donors (Lipinski definition) is 1. The van der Waals surface area contributed by atoms with Crippen molar-refractivity contribution in [2.75, 3.05) is 0 Å². The van der Waals surface area contributed by atoms with Gasteiger partial charge in [-0.2, -0.15) is 0 Å². The molecular weight excluding hydrogens is 256 g/mol. The molecule has 1 heterocycles. The third-order valence-corrected chi connectivity index (χ3v) is 3.48. The molecule has 0 unspecified atom stereocenters. The molecule has 0 aliphatic carbocycles. The van der Waals surface area contributed by atoms with Gasteiger partial charge < -0.3 is 5.11 Å². The van der Waals surface area contributed by atoms with Crippen LogP contribution in [-0.4, -0.2) is 11.1 Å². The van der Waals surface area contributed by atoms with Gasteiger partial charge in [-0.3, -0.25) is 0 Å². The first-order chi connectivity index (χ1) is 8.20. The molecule has 0 fully saturated rings. The zero-order chi connectivity index (χ0) is 12.3. The van der Waals surface area contributed by atoms with Gasteiger partial charge in [-0.1, -0.05) is 48.0 Å². The number of thiophene rings is 1. The van der Waals surface area contributed by atoms with Gasteiger partial charge in [-0.15, -0.1) is 11.3 Å². The van der Waals surface area contributed by atoms with E-state index in [0.29, 0.717) is 5.57 Å². The average molecular weight is 265 g/mol. The van der Waals surface area contributed by atoms with E-state index in [1.807, 2.05) is 47.8 Å². The van der Waals surface area contributed by atoms with Gasteiger partial charge in [0.1, 0.15) is 5.03 Å². The standard InChI is InChI=1S/C13H9ClO2S/c14-12(13(15)16)11(10-7-4-8-17-10)9-5-2-1-3-6-9/h1-8H,(H,15,16). The summed E-state index contributed by atoms with van der Waals surface area (Å²) in [6.07, 6.45) is 0. The minimum Gasteiger partial charge on any atom is -0.477 e. The minimum atomic E-state index is -1.11. The number of carboxylic acids is 1. The van der Waals surface area contributed by atoms with Crippen molar-refractivity contribution < 1.29 is 9.90 Å². The molecule has 0 saturated heterocycles. The van der Waals surface area contributed by atoms with Crippen molar-refractivity contribution in [3.05, 3.63) is 63.3 Å². The Morgan fingerprint density at radius 3 is 2.35 bits per heavy atom. The van der Waals surface area contributed by atoms with Crippen LogP contribution < -0.4 is 0 Å². The maximum absolute atomic E-state index is 11.0. The Kier molecular flexibility index (Phi) is 3.61. The Labute approximate surface area is 108 Å². The Balaban J connectivity index is 2.62. The number of hydrogen-bond acceptors (Lipinski definition) is 2. The van der Waals surface area contributed by atoms with E-state index in [1.54, 1.807) is 0 Å². The molecule has 0 saturated carbocycles. The highest BCUT2D eigenvalue weighted by Crippen LogP contribution is 2.31. The van der Waals surface area contributed by atoms with Gasteiger partial charge in [0.05, 0.1) is 0 Å². The van der Waals surface area contributed by atoms with Crippen LogP contribution in [-0.2, 0) is 4.79 Å². The molecule has 2 rings (SSSR count). The molecule has 0 radical (unpaired) electrons. The fourth-order valence-corrected chi connectivity index (χ4v) is 2.58. The molecule has 0 spiro atoms. The van der Waals surface area contributed by atoms with Gasteiger partial charge in [0.15, 0.2) is 0 Å². The summed E-state index contributed by atoms with van der Waals surface area (Å²) in [5.74, 6) is -1.11. The van der Waals surface area contributed by atoms with Crippen molar-refractivity contribution in [3.8, 4) is 0 Å². The SMILES string of the molecule is O=C(O)C(Cl)=C(c1ccccc1)c1cccs1. The van der Waals surface area contributed by atoms with Crippen LogP contribution in [0.5, 0.6) is 0 Å². The van der Waals surface area contributed by atoms with Crippen molar-refractivity contribution in [3.63, 3.8) is 0 Å². The molecule has 17 heavy (non-hydrogen) atoms. The number of benzene rings is 1. The van der Waals surface area contributed by atoms with Crippen molar-refractivity contribution >= 4 is 34.5 Å². The Morgan fingerprint density at radius 1 is 1.12 bits per heavy atom. The van der Waals surface area contributed by atoms with Crippen LogP contribution in [0.15, 0.2) is 52.9 Å². The van der Waals surface area contributed by atoms with Gasteiger partial charge in [-0.25, -0.2) is 4.79 Å². The number of carboxylic acid groups (broad SMARTS) is 1. The third kappa shape index (κ3) is 2.57. The topological polar surface area (TPSA) is 37.3 Å². The van der Waals surface area contributed by atoms with E-state index < -0.39 is 5.97 Å². The zero-order valence-electron chi connectivity index (χ0n) is 8.76. The first-order valence-electron chi connectivity index (χ1n) is 4.92. The number of aliphatic carboxylic acids is 1. The van der Waals surface area contributed by atoms with Crippen LogP contribution >= 0.6 is 22.9 Å². The molecule has 2 nitrogen and oxygen atoms in total. The lowest BCUT2D eigenvalue weighted by Crippen LogP contribution is -1.99. The van der Waals surface area contributed by atoms with Crippen LogP contribution in [0.4, 0.5) is 0 Å². The number of carbonyl (C=O) groups is 1. The largest absolute Gasteiger partial charge is 0.477 e. The van der Waals surface area contributed by atoms with E-state index >= 15 is 0 Å². The molecule has 0 amide bonds. The fraction of sp³-hybridized carbons (Fsp3) is 0. The molecule has 0 aliphatic rings. The Bertz CT molecular complexity index is 544. The molecule has 86 valence electrons. The van der Waals surface area contributed by atoms with Crippen LogP contribution in [0.1, 0.15) is 10.4 Å². The normalized spacial score (nSPS) is 12.1. The zero-order valence-corrected chi connectivity index (χ0v) is 10.3. The summed E-state index contributed by atoms with van der Waals surface area (Å²) in [4.78, 5) is 11.9. The van der Waals surface area contributed by atoms with Gasteiger partial charge >= 0.3 is 5.97 Å². The van der Waals surface area contributed by atoms with Crippen LogP contribution in [0, 0.1) is 0 Å². The van der Waals surface area contributed by atoms with Gasteiger partial charge in [0.2, 0.25) is 0 Å². The van der Waals surface area contributed by atoms with Crippen LogP contribution in [0.3, 0.4) is 0 Å². The quantitative estimate of drug-likeness (QED) is 0.856. The van der Waals surface area contributed by atoms with Crippen LogP contribution in [0.25, 0.3) is 5.57 Å². The molecule has 0 atom stereocenters.